The summed E-state index contributed by atoms with van der Waals surface area (Å²) < 4.78 is 5.08. The molecule has 5 nitrogen and oxygen atoms in total. The van der Waals surface area contributed by atoms with Crippen molar-refractivity contribution in [2.75, 3.05) is 0 Å². The van der Waals surface area contributed by atoms with Crippen LogP contribution in [0.2, 0.25) is 0 Å². The number of fused-ring (bicyclic) bond motifs is 1. The van der Waals surface area contributed by atoms with Gasteiger partial charge in [-0.05, 0) is 12.0 Å². The molecule has 20 heavy (non-hydrogen) atoms. The van der Waals surface area contributed by atoms with Gasteiger partial charge in [0.15, 0.2) is 0 Å². The summed E-state index contributed by atoms with van der Waals surface area (Å²) in [6, 6.07) is 9.39. The fraction of sp³-hybridized carbons (Fsp3) is 0.400. The Balaban J connectivity index is 1.73. The molecule has 1 aromatic carbocycles. The number of nitrogens with zero attached hydrogens (tertiary/aromatic N) is 1. The molecule has 3 atom stereocenters. The summed E-state index contributed by atoms with van der Waals surface area (Å²) in [5, 5.41) is 0. The van der Waals surface area contributed by atoms with Crippen LogP contribution in [0.4, 0.5) is 0 Å². The number of carbonyl (C=O) groups excluding carboxylic acids is 3. The van der Waals surface area contributed by atoms with Gasteiger partial charge in [-0.15, -0.1) is 0 Å². The van der Waals surface area contributed by atoms with Crippen molar-refractivity contribution in [2.45, 2.75) is 26.0 Å². The molecule has 1 heterocycles. The lowest BCUT2D eigenvalue weighted by atomic mass is 9.72. The second-order valence-electron chi connectivity index (χ2n) is 5.26. The molecule has 2 aliphatic rings. The fourth-order valence-corrected chi connectivity index (χ4v) is 2.94. The number of esters is 1. The highest BCUT2D eigenvalue weighted by Crippen LogP contribution is 2.44. The van der Waals surface area contributed by atoms with E-state index in [0.717, 1.165) is 5.56 Å². The Hall–Kier alpha value is -2.17. The standard InChI is InChI=1S/C15H15NO4/c1-9(17)20-12-7-11-13(12)15(19)16(14(11)18)8-10-5-3-2-4-6-10/h2-6,11-13H,7-8H2,1H3. The molecular formula is C15H15NO4. The Morgan fingerprint density at radius 3 is 2.60 bits per heavy atom. The van der Waals surface area contributed by atoms with Gasteiger partial charge in [-0.2, -0.15) is 0 Å². The molecule has 1 saturated heterocycles. The Bertz CT molecular complexity index is 568. The van der Waals surface area contributed by atoms with E-state index in [-0.39, 0.29) is 24.3 Å². The van der Waals surface area contributed by atoms with E-state index in [1.807, 2.05) is 30.3 Å². The van der Waals surface area contributed by atoms with Crippen molar-refractivity contribution in [2.24, 2.45) is 11.8 Å². The molecule has 2 fully saturated rings. The Kier molecular flexibility index (Phi) is 3.04. The largest absolute Gasteiger partial charge is 0.462 e. The van der Waals surface area contributed by atoms with Crippen molar-refractivity contribution in [3.8, 4) is 0 Å². The predicted octanol–water partition coefficient (Wildman–Crippen LogP) is 1.12. The maximum Gasteiger partial charge on any atom is 0.302 e. The molecule has 1 aromatic rings. The van der Waals surface area contributed by atoms with Crippen LogP contribution in [0.25, 0.3) is 0 Å². The van der Waals surface area contributed by atoms with E-state index in [0.29, 0.717) is 6.42 Å². The van der Waals surface area contributed by atoms with E-state index >= 15 is 0 Å². The number of ether oxygens (including phenoxy) is 1. The van der Waals surface area contributed by atoms with Crippen LogP contribution in [0.5, 0.6) is 0 Å². The highest BCUT2D eigenvalue weighted by molar-refractivity contribution is 6.06. The fourth-order valence-electron chi connectivity index (χ4n) is 2.94. The average Bonchev–Trinajstić information content (AvgIpc) is 2.57. The maximum atomic E-state index is 12.3. The van der Waals surface area contributed by atoms with Crippen molar-refractivity contribution >= 4 is 17.8 Å². The summed E-state index contributed by atoms with van der Waals surface area (Å²) in [7, 11) is 0. The van der Waals surface area contributed by atoms with Gasteiger partial charge in [0.05, 0.1) is 18.4 Å². The van der Waals surface area contributed by atoms with Crippen molar-refractivity contribution < 1.29 is 19.1 Å². The molecule has 1 aliphatic heterocycles. The first-order valence-electron chi connectivity index (χ1n) is 6.64. The third kappa shape index (κ3) is 1.99. The molecule has 0 spiro atoms. The van der Waals surface area contributed by atoms with Gasteiger partial charge in [0.25, 0.3) is 0 Å². The zero-order chi connectivity index (χ0) is 14.3. The highest BCUT2D eigenvalue weighted by Gasteiger charge is 2.59. The molecule has 3 unspecified atom stereocenters. The number of hydrogen-bond donors (Lipinski definition) is 0. The molecule has 1 aliphatic carbocycles. The third-order valence-electron chi connectivity index (χ3n) is 3.96. The predicted molar refractivity (Wildman–Crippen MR) is 69.2 cm³/mol. The number of rotatable bonds is 3. The van der Waals surface area contributed by atoms with Gasteiger partial charge in [0.2, 0.25) is 11.8 Å². The minimum Gasteiger partial charge on any atom is -0.462 e. The van der Waals surface area contributed by atoms with Crippen molar-refractivity contribution in [1.29, 1.82) is 0 Å². The second-order valence-corrected chi connectivity index (χ2v) is 5.26. The van der Waals surface area contributed by atoms with Gasteiger partial charge in [0, 0.05) is 6.92 Å². The molecule has 5 heteroatoms. The van der Waals surface area contributed by atoms with E-state index in [1.165, 1.54) is 11.8 Å². The van der Waals surface area contributed by atoms with Crippen molar-refractivity contribution in [3.63, 3.8) is 0 Å². The van der Waals surface area contributed by atoms with Crippen molar-refractivity contribution in [1.82, 2.24) is 4.90 Å². The van der Waals surface area contributed by atoms with E-state index in [9.17, 15) is 14.4 Å². The van der Waals surface area contributed by atoms with E-state index in [4.69, 9.17) is 4.74 Å². The Morgan fingerprint density at radius 1 is 1.25 bits per heavy atom. The first-order chi connectivity index (χ1) is 9.58. The SMILES string of the molecule is CC(=O)OC1CC2C(=O)N(Cc3ccccc3)C(=O)C12. The minimum absolute atomic E-state index is 0.146. The number of imide groups is 1. The zero-order valence-corrected chi connectivity index (χ0v) is 11.1. The molecule has 3 rings (SSSR count). The summed E-state index contributed by atoms with van der Waals surface area (Å²) in [4.78, 5) is 36.7. The quantitative estimate of drug-likeness (QED) is 0.611. The highest BCUT2D eigenvalue weighted by atomic mass is 16.5. The first-order valence-corrected chi connectivity index (χ1v) is 6.64. The van der Waals surface area contributed by atoms with Gasteiger partial charge in [-0.25, -0.2) is 0 Å². The number of benzene rings is 1. The molecule has 0 radical (unpaired) electrons. The first kappa shape index (κ1) is 12.8. The van der Waals surface area contributed by atoms with Gasteiger partial charge in [-0.3, -0.25) is 19.3 Å². The number of carbonyl (C=O) groups is 3. The molecule has 0 aromatic heterocycles. The van der Waals surface area contributed by atoms with Gasteiger partial charge < -0.3 is 4.74 Å². The molecule has 2 amide bonds. The molecular weight excluding hydrogens is 258 g/mol. The van der Waals surface area contributed by atoms with E-state index in [2.05, 4.69) is 0 Å². The van der Waals surface area contributed by atoms with Crippen LogP contribution in [0.15, 0.2) is 30.3 Å². The topological polar surface area (TPSA) is 63.7 Å². The van der Waals surface area contributed by atoms with Crippen LogP contribution in [0.3, 0.4) is 0 Å². The van der Waals surface area contributed by atoms with Crippen LogP contribution in [-0.2, 0) is 25.7 Å². The number of hydrogen-bond acceptors (Lipinski definition) is 4. The molecule has 0 bridgehead atoms. The molecule has 104 valence electrons. The summed E-state index contributed by atoms with van der Waals surface area (Å²) in [5.74, 6) is -1.56. The molecule has 1 saturated carbocycles. The van der Waals surface area contributed by atoms with Gasteiger partial charge in [-0.1, -0.05) is 30.3 Å². The second kappa shape index (κ2) is 4.74. The van der Waals surface area contributed by atoms with Crippen LogP contribution in [0.1, 0.15) is 18.9 Å². The number of amides is 2. The van der Waals surface area contributed by atoms with Gasteiger partial charge in [0.1, 0.15) is 6.10 Å². The smallest absolute Gasteiger partial charge is 0.302 e. The molecule has 0 N–H and O–H groups in total. The zero-order valence-electron chi connectivity index (χ0n) is 11.1. The Morgan fingerprint density at radius 2 is 1.95 bits per heavy atom. The number of likely N-dealkylation sites (tertiary alicyclic amines) is 1. The average molecular weight is 273 g/mol. The summed E-state index contributed by atoms with van der Waals surface area (Å²) >= 11 is 0. The lowest BCUT2D eigenvalue weighted by Gasteiger charge is -2.35. The van der Waals surface area contributed by atoms with Crippen molar-refractivity contribution in [3.05, 3.63) is 35.9 Å². The van der Waals surface area contributed by atoms with Crippen LogP contribution < -0.4 is 0 Å². The summed E-state index contributed by atoms with van der Waals surface area (Å²) in [5.41, 5.74) is 0.916. The lowest BCUT2D eigenvalue weighted by Crippen LogP contribution is -2.45. The lowest BCUT2D eigenvalue weighted by molar-refractivity contribution is -0.163. The van der Waals surface area contributed by atoms with Gasteiger partial charge >= 0.3 is 5.97 Å². The van der Waals surface area contributed by atoms with Crippen LogP contribution in [-0.4, -0.2) is 28.8 Å². The third-order valence-corrected chi connectivity index (χ3v) is 3.96. The van der Waals surface area contributed by atoms with E-state index < -0.39 is 18.0 Å². The monoisotopic (exact) mass is 273 g/mol. The minimum atomic E-state index is -0.477. The normalized spacial score (nSPS) is 28.1. The van der Waals surface area contributed by atoms with Crippen LogP contribution >= 0.6 is 0 Å². The Labute approximate surface area is 116 Å². The van der Waals surface area contributed by atoms with E-state index in [1.54, 1.807) is 0 Å². The van der Waals surface area contributed by atoms with Crippen LogP contribution in [0, 0.1) is 11.8 Å². The summed E-state index contributed by atoms with van der Waals surface area (Å²) in [6.45, 7) is 1.61. The summed E-state index contributed by atoms with van der Waals surface area (Å²) in [6.07, 6.45) is 0.0230. The maximum absolute atomic E-state index is 12.3.